The van der Waals surface area contributed by atoms with Gasteiger partial charge in [0.15, 0.2) is 0 Å². The van der Waals surface area contributed by atoms with Crippen LogP contribution < -0.4 is 0 Å². The molecule has 0 unspecified atom stereocenters. The van der Waals surface area contributed by atoms with Crippen molar-refractivity contribution in [2.24, 2.45) is 5.16 Å². The van der Waals surface area contributed by atoms with Crippen molar-refractivity contribution < 1.29 is 13.6 Å². The third-order valence-corrected chi connectivity index (χ3v) is 3.13. The zero-order chi connectivity index (χ0) is 15.1. The van der Waals surface area contributed by atoms with Crippen LogP contribution in [-0.2, 0) is 11.3 Å². The van der Waals surface area contributed by atoms with E-state index in [1.165, 1.54) is 24.3 Å². The molecule has 0 spiro atoms. The summed E-state index contributed by atoms with van der Waals surface area (Å²) >= 11 is 3.25. The highest BCUT2D eigenvalue weighted by Gasteiger charge is 2.07. The van der Waals surface area contributed by atoms with Gasteiger partial charge in [0.1, 0.15) is 18.2 Å². The summed E-state index contributed by atoms with van der Waals surface area (Å²) in [6, 6.07) is 12.2. The Labute approximate surface area is 130 Å². The van der Waals surface area contributed by atoms with E-state index in [9.17, 15) is 8.78 Å². The number of benzene rings is 2. The van der Waals surface area contributed by atoms with E-state index >= 15 is 0 Å². The molecule has 0 fully saturated rings. The number of rotatable bonds is 6. The lowest BCUT2D eigenvalue weighted by Gasteiger charge is -2.07. The second-order valence-corrected chi connectivity index (χ2v) is 5.16. The highest BCUT2D eigenvalue weighted by molar-refractivity contribution is 9.09. The minimum Gasteiger partial charge on any atom is -0.395 e. The zero-order valence-corrected chi connectivity index (χ0v) is 12.8. The smallest absolute Gasteiger partial charge is 0.126 e. The summed E-state index contributed by atoms with van der Waals surface area (Å²) in [7, 11) is 0. The molecule has 2 rings (SSSR count). The second-order valence-electron chi connectivity index (χ2n) is 4.37. The molecule has 5 heteroatoms. The van der Waals surface area contributed by atoms with Gasteiger partial charge in [0.25, 0.3) is 0 Å². The van der Waals surface area contributed by atoms with Gasteiger partial charge >= 0.3 is 0 Å². The first-order chi connectivity index (χ1) is 10.2. The molecular weight excluding hydrogens is 340 g/mol. The van der Waals surface area contributed by atoms with Crippen molar-refractivity contribution in [1.82, 2.24) is 0 Å². The van der Waals surface area contributed by atoms with Crippen LogP contribution in [0.2, 0.25) is 0 Å². The number of hydrogen-bond donors (Lipinski definition) is 0. The molecule has 0 N–H and O–H groups in total. The van der Waals surface area contributed by atoms with Crippen LogP contribution in [0.5, 0.6) is 0 Å². The maximum Gasteiger partial charge on any atom is 0.126 e. The number of halogens is 3. The quantitative estimate of drug-likeness (QED) is 0.328. The van der Waals surface area contributed by atoms with Crippen molar-refractivity contribution in [3.63, 3.8) is 0 Å². The van der Waals surface area contributed by atoms with Crippen molar-refractivity contribution in [2.45, 2.75) is 6.42 Å². The fourth-order valence-corrected chi connectivity index (χ4v) is 1.93. The molecule has 2 aromatic carbocycles. The predicted molar refractivity (Wildman–Crippen MR) is 82.8 cm³/mol. The van der Waals surface area contributed by atoms with Gasteiger partial charge in [0.2, 0.25) is 0 Å². The summed E-state index contributed by atoms with van der Waals surface area (Å²) in [5, 5.41) is 4.77. The third kappa shape index (κ3) is 4.93. The van der Waals surface area contributed by atoms with Crippen molar-refractivity contribution in [2.75, 3.05) is 11.9 Å². The van der Waals surface area contributed by atoms with Crippen LogP contribution in [0.3, 0.4) is 0 Å². The molecule has 0 aliphatic rings. The molecule has 0 amide bonds. The van der Waals surface area contributed by atoms with Gasteiger partial charge in [0.05, 0.1) is 5.71 Å². The van der Waals surface area contributed by atoms with E-state index < -0.39 is 0 Å². The molecule has 0 saturated heterocycles. The van der Waals surface area contributed by atoms with Crippen LogP contribution in [-0.4, -0.2) is 17.6 Å². The van der Waals surface area contributed by atoms with Gasteiger partial charge in [-0.25, -0.2) is 8.78 Å². The Kier molecular flexibility index (Phi) is 5.87. The summed E-state index contributed by atoms with van der Waals surface area (Å²) in [5.74, 6) is -0.587. The Hall–Kier alpha value is -1.75. The Morgan fingerprint density at radius 2 is 1.52 bits per heavy atom. The molecule has 21 heavy (non-hydrogen) atoms. The van der Waals surface area contributed by atoms with Crippen molar-refractivity contribution >= 4 is 21.6 Å². The average molecular weight is 354 g/mol. The Balaban J connectivity index is 2.21. The molecule has 0 radical (unpaired) electrons. The van der Waals surface area contributed by atoms with Gasteiger partial charge in [-0.1, -0.05) is 45.4 Å². The fourth-order valence-electron chi connectivity index (χ4n) is 1.78. The number of oxime groups is 1. The lowest BCUT2D eigenvalue weighted by Crippen LogP contribution is -2.07. The average Bonchev–Trinajstić information content (AvgIpc) is 2.49. The van der Waals surface area contributed by atoms with Crippen LogP contribution in [0.1, 0.15) is 11.1 Å². The molecule has 0 aliphatic heterocycles. The number of hydrogen-bond acceptors (Lipinski definition) is 2. The summed E-state index contributed by atoms with van der Waals surface area (Å²) in [6.07, 6.45) is 0.480. The third-order valence-electron chi connectivity index (χ3n) is 2.81. The normalized spacial score (nSPS) is 11.5. The van der Waals surface area contributed by atoms with Gasteiger partial charge in [-0.2, -0.15) is 0 Å². The maximum absolute atomic E-state index is 13.0. The number of alkyl halides is 1. The first kappa shape index (κ1) is 15.6. The minimum atomic E-state index is -0.304. The molecule has 2 aromatic rings. The van der Waals surface area contributed by atoms with E-state index in [1.807, 2.05) is 0 Å². The van der Waals surface area contributed by atoms with Crippen LogP contribution >= 0.6 is 15.9 Å². The predicted octanol–water partition coefficient (Wildman–Crippen LogP) is 4.32. The van der Waals surface area contributed by atoms with E-state index in [0.29, 0.717) is 24.1 Å². The largest absolute Gasteiger partial charge is 0.395 e. The van der Waals surface area contributed by atoms with Crippen LogP contribution in [0.4, 0.5) is 8.78 Å². The molecule has 0 aliphatic carbocycles. The topological polar surface area (TPSA) is 21.6 Å². The molecule has 0 heterocycles. The molecule has 0 aromatic heterocycles. The van der Waals surface area contributed by atoms with Gasteiger partial charge in [-0.3, -0.25) is 0 Å². The molecule has 2 nitrogen and oxygen atoms in total. The maximum atomic E-state index is 13.0. The van der Waals surface area contributed by atoms with Crippen LogP contribution in [0, 0.1) is 11.6 Å². The lowest BCUT2D eigenvalue weighted by atomic mass is 10.0. The summed E-state index contributed by atoms with van der Waals surface area (Å²) in [4.78, 5) is 5.20. The van der Waals surface area contributed by atoms with Gasteiger partial charge in [0, 0.05) is 11.8 Å². The number of nitrogens with zero attached hydrogens (tertiary/aromatic N) is 1. The Morgan fingerprint density at radius 1 is 0.952 bits per heavy atom. The molecule has 0 saturated carbocycles. The van der Waals surface area contributed by atoms with E-state index in [0.717, 1.165) is 11.1 Å². The van der Waals surface area contributed by atoms with Crippen molar-refractivity contribution in [1.29, 1.82) is 0 Å². The van der Waals surface area contributed by atoms with E-state index in [4.69, 9.17) is 4.84 Å². The Bertz CT molecular complexity index is 597. The Morgan fingerprint density at radius 3 is 2.10 bits per heavy atom. The molecule has 0 bridgehead atoms. The molecule has 0 atom stereocenters. The summed E-state index contributed by atoms with van der Waals surface area (Å²) in [5.41, 5.74) is 2.35. The van der Waals surface area contributed by atoms with Crippen molar-refractivity contribution in [3.05, 3.63) is 71.3 Å². The van der Waals surface area contributed by atoms with Crippen LogP contribution in [0.15, 0.2) is 53.7 Å². The van der Waals surface area contributed by atoms with Gasteiger partial charge < -0.3 is 4.84 Å². The van der Waals surface area contributed by atoms with Gasteiger partial charge in [-0.15, -0.1) is 0 Å². The summed E-state index contributed by atoms with van der Waals surface area (Å²) in [6.45, 7) is 0.439. The SMILES string of the molecule is Fc1ccc(C/C(=N\OCCBr)c2ccc(F)cc2)cc1. The van der Waals surface area contributed by atoms with Crippen molar-refractivity contribution in [3.8, 4) is 0 Å². The highest BCUT2D eigenvalue weighted by atomic mass is 79.9. The molecule has 110 valence electrons. The van der Waals surface area contributed by atoms with E-state index in [2.05, 4.69) is 21.1 Å². The molecular formula is C16H14BrF2NO. The minimum absolute atomic E-state index is 0.283. The van der Waals surface area contributed by atoms with E-state index in [-0.39, 0.29) is 11.6 Å². The van der Waals surface area contributed by atoms with Crippen LogP contribution in [0.25, 0.3) is 0 Å². The first-order valence-corrected chi connectivity index (χ1v) is 7.56. The standard InChI is InChI=1S/C16H14BrF2NO/c17-9-10-21-20-16(13-3-7-15(19)8-4-13)11-12-1-5-14(18)6-2-12/h1-8H,9-11H2/b20-16+. The zero-order valence-electron chi connectivity index (χ0n) is 11.2. The fraction of sp³-hybridized carbons (Fsp3) is 0.188. The second kappa shape index (κ2) is 7.88. The van der Waals surface area contributed by atoms with Gasteiger partial charge in [-0.05, 0) is 35.4 Å². The first-order valence-electron chi connectivity index (χ1n) is 6.44. The summed E-state index contributed by atoms with van der Waals surface area (Å²) < 4.78 is 25.9. The highest BCUT2D eigenvalue weighted by Crippen LogP contribution is 2.11. The van der Waals surface area contributed by atoms with E-state index in [1.54, 1.807) is 24.3 Å². The monoisotopic (exact) mass is 353 g/mol. The lowest BCUT2D eigenvalue weighted by molar-refractivity contribution is 0.162.